The van der Waals surface area contributed by atoms with Crippen LogP contribution in [-0.2, 0) is 13.2 Å². The van der Waals surface area contributed by atoms with Crippen molar-refractivity contribution in [3.63, 3.8) is 0 Å². The van der Waals surface area contributed by atoms with E-state index in [1.54, 1.807) is 12.1 Å². The highest BCUT2D eigenvalue weighted by atomic mass is 19.1. The molecule has 0 aliphatic heterocycles. The first-order valence-electron chi connectivity index (χ1n) is 5.99. The lowest BCUT2D eigenvalue weighted by atomic mass is 10.2. The molecule has 0 radical (unpaired) electrons. The summed E-state index contributed by atoms with van der Waals surface area (Å²) in [5.41, 5.74) is 0.594. The second-order valence-electron chi connectivity index (χ2n) is 4.13. The summed E-state index contributed by atoms with van der Waals surface area (Å²) in [7, 11) is 1.44. The van der Waals surface area contributed by atoms with Crippen molar-refractivity contribution in [1.29, 1.82) is 0 Å². The normalized spacial score (nSPS) is 10.4. The van der Waals surface area contributed by atoms with Crippen LogP contribution in [0.3, 0.4) is 0 Å². The Labute approximate surface area is 115 Å². The molecule has 5 heteroatoms. The molecule has 106 valence electrons. The minimum atomic E-state index is -0.592. The van der Waals surface area contributed by atoms with Gasteiger partial charge in [0.25, 0.3) is 0 Å². The molecular formula is C15H14F2O3. The van der Waals surface area contributed by atoms with Crippen LogP contribution in [0.2, 0.25) is 0 Å². The molecule has 2 aromatic rings. The molecule has 0 aromatic heterocycles. The number of methoxy groups -OCH3 is 1. The second kappa shape index (κ2) is 6.34. The SMILES string of the molecule is COc1ccc(COc2c(F)cccc2CO)c(F)c1. The van der Waals surface area contributed by atoms with Crippen molar-refractivity contribution in [3.05, 3.63) is 59.2 Å². The molecule has 20 heavy (non-hydrogen) atoms. The van der Waals surface area contributed by atoms with Gasteiger partial charge in [0.15, 0.2) is 11.6 Å². The average molecular weight is 280 g/mol. The summed E-state index contributed by atoms with van der Waals surface area (Å²) < 4.78 is 37.5. The van der Waals surface area contributed by atoms with Gasteiger partial charge in [0.1, 0.15) is 18.2 Å². The van der Waals surface area contributed by atoms with Crippen LogP contribution in [0.1, 0.15) is 11.1 Å². The zero-order valence-corrected chi connectivity index (χ0v) is 10.9. The molecule has 0 fully saturated rings. The summed E-state index contributed by atoms with van der Waals surface area (Å²) in [4.78, 5) is 0. The highest BCUT2D eigenvalue weighted by Crippen LogP contribution is 2.25. The smallest absolute Gasteiger partial charge is 0.165 e. The highest BCUT2D eigenvalue weighted by Gasteiger charge is 2.11. The molecule has 0 aliphatic carbocycles. The number of para-hydroxylation sites is 1. The van der Waals surface area contributed by atoms with Gasteiger partial charge in [0.2, 0.25) is 0 Å². The maximum Gasteiger partial charge on any atom is 0.165 e. The van der Waals surface area contributed by atoms with E-state index in [-0.39, 0.29) is 24.5 Å². The van der Waals surface area contributed by atoms with E-state index in [4.69, 9.17) is 14.6 Å². The van der Waals surface area contributed by atoms with Crippen molar-refractivity contribution >= 4 is 0 Å². The molecule has 1 N–H and O–H groups in total. The van der Waals surface area contributed by atoms with Gasteiger partial charge in [-0.3, -0.25) is 0 Å². The highest BCUT2D eigenvalue weighted by molar-refractivity contribution is 5.35. The number of benzene rings is 2. The molecule has 0 saturated carbocycles. The summed E-state index contributed by atoms with van der Waals surface area (Å²) in [5.74, 6) is -0.755. The van der Waals surface area contributed by atoms with E-state index in [1.165, 1.54) is 31.4 Å². The second-order valence-corrected chi connectivity index (χ2v) is 4.13. The Morgan fingerprint density at radius 1 is 1.05 bits per heavy atom. The fourth-order valence-corrected chi connectivity index (χ4v) is 1.76. The number of halogens is 2. The predicted octanol–water partition coefficient (Wildman–Crippen LogP) is 3.04. The number of ether oxygens (including phenoxy) is 2. The Bertz CT molecular complexity index is 600. The molecule has 2 aromatic carbocycles. The Morgan fingerprint density at radius 3 is 2.50 bits per heavy atom. The maximum absolute atomic E-state index is 13.7. The van der Waals surface area contributed by atoms with Crippen LogP contribution < -0.4 is 9.47 Å². The van der Waals surface area contributed by atoms with E-state index in [1.807, 2.05) is 0 Å². The molecule has 0 amide bonds. The number of rotatable bonds is 5. The van der Waals surface area contributed by atoms with E-state index in [0.717, 1.165) is 0 Å². The van der Waals surface area contributed by atoms with Gasteiger partial charge in [0.05, 0.1) is 13.7 Å². The lowest BCUT2D eigenvalue weighted by Crippen LogP contribution is -2.03. The summed E-state index contributed by atoms with van der Waals surface area (Å²) in [6.45, 7) is -0.484. The van der Waals surface area contributed by atoms with Gasteiger partial charge < -0.3 is 14.6 Å². The third-order valence-corrected chi connectivity index (χ3v) is 2.85. The Kier molecular flexibility index (Phi) is 4.53. The Hall–Kier alpha value is -2.14. The van der Waals surface area contributed by atoms with Crippen molar-refractivity contribution in [3.8, 4) is 11.5 Å². The van der Waals surface area contributed by atoms with Crippen molar-refractivity contribution in [2.45, 2.75) is 13.2 Å². The molecule has 0 bridgehead atoms. The van der Waals surface area contributed by atoms with E-state index >= 15 is 0 Å². The van der Waals surface area contributed by atoms with Gasteiger partial charge in [-0.25, -0.2) is 8.78 Å². The lowest BCUT2D eigenvalue weighted by Gasteiger charge is -2.12. The van der Waals surface area contributed by atoms with Gasteiger partial charge in [-0.1, -0.05) is 12.1 Å². The van der Waals surface area contributed by atoms with Crippen LogP contribution in [0.15, 0.2) is 36.4 Å². The zero-order valence-electron chi connectivity index (χ0n) is 10.9. The van der Waals surface area contributed by atoms with Gasteiger partial charge >= 0.3 is 0 Å². The van der Waals surface area contributed by atoms with E-state index < -0.39 is 11.6 Å². The molecule has 0 spiro atoms. The summed E-state index contributed by atoms with van der Waals surface area (Å²) in [5, 5.41) is 9.13. The molecule has 0 atom stereocenters. The number of aliphatic hydroxyl groups is 1. The van der Waals surface area contributed by atoms with Crippen LogP contribution >= 0.6 is 0 Å². The maximum atomic E-state index is 13.7. The summed E-state index contributed by atoms with van der Waals surface area (Å²) >= 11 is 0. The van der Waals surface area contributed by atoms with Gasteiger partial charge in [0, 0.05) is 17.2 Å². The molecule has 0 aliphatic rings. The Morgan fingerprint density at radius 2 is 1.85 bits per heavy atom. The van der Waals surface area contributed by atoms with Crippen LogP contribution in [-0.4, -0.2) is 12.2 Å². The quantitative estimate of drug-likeness (QED) is 0.915. The minimum Gasteiger partial charge on any atom is -0.497 e. The molecule has 0 heterocycles. The van der Waals surface area contributed by atoms with E-state index in [2.05, 4.69) is 0 Å². The monoisotopic (exact) mass is 280 g/mol. The lowest BCUT2D eigenvalue weighted by molar-refractivity contribution is 0.249. The number of aliphatic hydroxyl groups excluding tert-OH is 1. The average Bonchev–Trinajstić information content (AvgIpc) is 2.46. The zero-order chi connectivity index (χ0) is 14.5. The first-order valence-corrected chi connectivity index (χ1v) is 5.99. The van der Waals surface area contributed by atoms with Crippen molar-refractivity contribution in [1.82, 2.24) is 0 Å². The first-order chi connectivity index (χ1) is 9.65. The number of hydrogen-bond acceptors (Lipinski definition) is 3. The Balaban J connectivity index is 2.17. The summed E-state index contributed by atoms with van der Waals surface area (Å²) in [6, 6.07) is 8.57. The predicted molar refractivity (Wildman–Crippen MR) is 69.6 cm³/mol. The number of hydrogen-bond donors (Lipinski definition) is 1. The van der Waals surface area contributed by atoms with Crippen molar-refractivity contribution < 1.29 is 23.4 Å². The standard InChI is InChI=1S/C15H14F2O3/c1-19-12-6-5-11(14(17)7-12)9-20-15-10(8-18)3-2-4-13(15)16/h2-7,18H,8-9H2,1H3. The van der Waals surface area contributed by atoms with Crippen LogP contribution in [0.4, 0.5) is 8.78 Å². The first kappa shape index (κ1) is 14.3. The van der Waals surface area contributed by atoms with Crippen molar-refractivity contribution in [2.24, 2.45) is 0 Å². The molecule has 3 nitrogen and oxygen atoms in total. The third-order valence-electron chi connectivity index (χ3n) is 2.85. The fraction of sp³-hybridized carbons (Fsp3) is 0.200. The molecule has 2 rings (SSSR count). The molecule has 0 saturated heterocycles. The largest absolute Gasteiger partial charge is 0.497 e. The fourth-order valence-electron chi connectivity index (χ4n) is 1.76. The van der Waals surface area contributed by atoms with Gasteiger partial charge in [-0.05, 0) is 18.2 Å². The van der Waals surface area contributed by atoms with Gasteiger partial charge in [-0.2, -0.15) is 0 Å². The minimum absolute atomic E-state index is 0.0646. The van der Waals surface area contributed by atoms with Crippen LogP contribution in [0.5, 0.6) is 11.5 Å². The van der Waals surface area contributed by atoms with Crippen LogP contribution in [0.25, 0.3) is 0 Å². The van der Waals surface area contributed by atoms with E-state index in [0.29, 0.717) is 11.3 Å². The molecule has 0 unspecified atom stereocenters. The third kappa shape index (κ3) is 3.05. The van der Waals surface area contributed by atoms with Gasteiger partial charge in [-0.15, -0.1) is 0 Å². The molecular weight excluding hydrogens is 266 g/mol. The van der Waals surface area contributed by atoms with Crippen LogP contribution in [0, 0.1) is 11.6 Å². The summed E-state index contributed by atoms with van der Waals surface area (Å²) in [6.07, 6.45) is 0. The van der Waals surface area contributed by atoms with Crippen molar-refractivity contribution in [2.75, 3.05) is 7.11 Å². The topological polar surface area (TPSA) is 38.7 Å². The van der Waals surface area contributed by atoms with E-state index in [9.17, 15) is 8.78 Å².